The predicted molar refractivity (Wildman–Crippen MR) is 97.3 cm³/mol. The Morgan fingerprint density at radius 2 is 2.25 bits per heavy atom. The summed E-state index contributed by atoms with van der Waals surface area (Å²) in [5, 5.41) is 0. The number of hydrogen-bond acceptors (Lipinski definition) is 3. The Kier molecular flexibility index (Phi) is 4.95. The van der Waals surface area contributed by atoms with Gasteiger partial charge in [0, 0.05) is 24.5 Å². The standard InChI is InChI=1S/C19H23ClN2O2/c1-3-24-18(23)22(2)12-11-19-10-6-7-14(13-20)17(19)21-16-9-5-4-8-15(16)19/h4-5,8-9,13H,3,6-7,10-12H2,1-2H3/b14-13+/t19-/m1/s1. The average molecular weight is 347 g/mol. The highest BCUT2D eigenvalue weighted by atomic mass is 35.5. The number of halogens is 1. The molecule has 0 saturated heterocycles. The first kappa shape index (κ1) is 17.0. The van der Waals surface area contributed by atoms with E-state index in [1.807, 2.05) is 13.0 Å². The van der Waals surface area contributed by atoms with Gasteiger partial charge in [-0.3, -0.25) is 4.99 Å². The van der Waals surface area contributed by atoms with Gasteiger partial charge in [0.15, 0.2) is 0 Å². The molecule has 2 aliphatic rings. The minimum atomic E-state index is -0.275. The van der Waals surface area contributed by atoms with Crippen molar-refractivity contribution in [2.45, 2.75) is 38.0 Å². The topological polar surface area (TPSA) is 41.9 Å². The van der Waals surface area contributed by atoms with Crippen LogP contribution >= 0.6 is 11.6 Å². The van der Waals surface area contributed by atoms with Gasteiger partial charge >= 0.3 is 6.09 Å². The number of hydrogen-bond donors (Lipinski definition) is 0. The Bertz CT molecular complexity index is 698. The lowest BCUT2D eigenvalue weighted by Gasteiger charge is -2.38. The molecule has 0 spiro atoms. The lowest BCUT2D eigenvalue weighted by molar-refractivity contribution is 0.114. The third-order valence-corrected chi connectivity index (χ3v) is 5.31. The van der Waals surface area contributed by atoms with Crippen LogP contribution in [0, 0.1) is 0 Å². The number of ether oxygens (including phenoxy) is 1. The molecular weight excluding hydrogens is 324 g/mol. The van der Waals surface area contributed by atoms with Crippen LogP contribution in [0.2, 0.25) is 0 Å². The van der Waals surface area contributed by atoms with Crippen LogP contribution in [0.15, 0.2) is 40.4 Å². The number of para-hydroxylation sites is 1. The van der Waals surface area contributed by atoms with Crippen molar-refractivity contribution in [1.82, 2.24) is 4.90 Å². The lowest BCUT2D eigenvalue weighted by Crippen LogP contribution is -2.41. The van der Waals surface area contributed by atoms with E-state index < -0.39 is 0 Å². The Hall–Kier alpha value is -1.81. The summed E-state index contributed by atoms with van der Waals surface area (Å²) >= 11 is 6.08. The molecule has 1 saturated carbocycles. The van der Waals surface area contributed by atoms with E-state index in [2.05, 4.69) is 18.2 Å². The molecule has 1 aliphatic heterocycles. The summed E-state index contributed by atoms with van der Waals surface area (Å²) in [5.74, 6) is 0. The molecular formula is C19H23ClN2O2. The van der Waals surface area contributed by atoms with E-state index in [4.69, 9.17) is 21.3 Å². The van der Waals surface area contributed by atoms with Gasteiger partial charge in [-0.15, -0.1) is 0 Å². The van der Waals surface area contributed by atoms with Gasteiger partial charge in [0.05, 0.1) is 18.0 Å². The molecule has 5 heteroatoms. The highest BCUT2D eigenvalue weighted by molar-refractivity contribution is 6.29. The molecule has 0 radical (unpaired) electrons. The van der Waals surface area contributed by atoms with Crippen LogP contribution in [0.25, 0.3) is 0 Å². The number of carbonyl (C=O) groups is 1. The van der Waals surface area contributed by atoms with Crippen molar-refractivity contribution in [2.24, 2.45) is 4.99 Å². The molecule has 1 amide bonds. The maximum absolute atomic E-state index is 11.9. The molecule has 0 unspecified atom stereocenters. The summed E-state index contributed by atoms with van der Waals surface area (Å²) < 4.78 is 5.09. The van der Waals surface area contributed by atoms with Crippen molar-refractivity contribution in [2.75, 3.05) is 20.2 Å². The Morgan fingerprint density at radius 3 is 3.00 bits per heavy atom. The number of fused-ring (bicyclic) bond motifs is 3. The quantitative estimate of drug-likeness (QED) is 0.786. The first-order chi connectivity index (χ1) is 11.6. The second kappa shape index (κ2) is 6.98. The molecule has 0 bridgehead atoms. The molecule has 128 valence electrons. The second-order valence-corrected chi connectivity index (χ2v) is 6.64. The smallest absolute Gasteiger partial charge is 0.409 e. The number of carbonyl (C=O) groups excluding carboxylic acids is 1. The zero-order valence-corrected chi connectivity index (χ0v) is 15.0. The van der Waals surface area contributed by atoms with Gasteiger partial charge in [0.2, 0.25) is 0 Å². The van der Waals surface area contributed by atoms with Gasteiger partial charge < -0.3 is 9.64 Å². The Balaban J connectivity index is 1.90. The maximum Gasteiger partial charge on any atom is 0.409 e. The molecule has 1 aliphatic carbocycles. The fourth-order valence-corrected chi connectivity index (χ4v) is 4.04. The molecule has 1 atom stereocenters. The third kappa shape index (κ3) is 2.84. The summed E-state index contributed by atoms with van der Waals surface area (Å²) in [6, 6.07) is 8.30. The van der Waals surface area contributed by atoms with E-state index in [1.54, 1.807) is 17.5 Å². The van der Waals surface area contributed by atoms with E-state index in [0.717, 1.165) is 42.7 Å². The second-order valence-electron chi connectivity index (χ2n) is 6.42. The van der Waals surface area contributed by atoms with Crippen LogP contribution in [0.1, 0.15) is 38.2 Å². The van der Waals surface area contributed by atoms with E-state index in [1.165, 1.54) is 5.56 Å². The highest BCUT2D eigenvalue weighted by Gasteiger charge is 2.46. The van der Waals surface area contributed by atoms with Crippen LogP contribution in [-0.4, -0.2) is 36.9 Å². The highest BCUT2D eigenvalue weighted by Crippen LogP contribution is 2.50. The largest absolute Gasteiger partial charge is 0.450 e. The van der Waals surface area contributed by atoms with Gasteiger partial charge in [0.1, 0.15) is 0 Å². The number of rotatable bonds is 4. The number of allylic oxidation sites excluding steroid dienone is 1. The van der Waals surface area contributed by atoms with Crippen LogP contribution in [0.5, 0.6) is 0 Å². The van der Waals surface area contributed by atoms with Gasteiger partial charge in [0.25, 0.3) is 0 Å². The maximum atomic E-state index is 11.9. The molecule has 1 heterocycles. The predicted octanol–water partition coefficient (Wildman–Crippen LogP) is 4.80. The van der Waals surface area contributed by atoms with Crippen molar-refractivity contribution in [3.63, 3.8) is 0 Å². The van der Waals surface area contributed by atoms with Gasteiger partial charge in [-0.25, -0.2) is 4.79 Å². The van der Waals surface area contributed by atoms with Crippen LogP contribution in [-0.2, 0) is 10.2 Å². The molecule has 0 aromatic heterocycles. The normalized spacial score (nSPS) is 23.5. The van der Waals surface area contributed by atoms with Crippen LogP contribution < -0.4 is 0 Å². The Labute approximate surface area is 148 Å². The van der Waals surface area contributed by atoms with E-state index in [0.29, 0.717) is 13.2 Å². The minimum absolute atomic E-state index is 0.143. The lowest BCUT2D eigenvalue weighted by atomic mass is 9.66. The number of nitrogens with zero attached hydrogens (tertiary/aromatic N) is 2. The summed E-state index contributed by atoms with van der Waals surface area (Å²) in [5.41, 5.74) is 6.03. The van der Waals surface area contributed by atoms with Crippen molar-refractivity contribution in [3.05, 3.63) is 40.9 Å². The molecule has 3 rings (SSSR count). The summed E-state index contributed by atoms with van der Waals surface area (Å²) in [6.07, 6.45) is 3.63. The summed E-state index contributed by atoms with van der Waals surface area (Å²) in [7, 11) is 1.79. The fourth-order valence-electron chi connectivity index (χ4n) is 3.83. The van der Waals surface area contributed by atoms with Crippen molar-refractivity contribution in [1.29, 1.82) is 0 Å². The molecule has 0 N–H and O–H groups in total. The molecule has 24 heavy (non-hydrogen) atoms. The zero-order valence-electron chi connectivity index (χ0n) is 14.2. The zero-order chi connectivity index (χ0) is 17.2. The third-order valence-electron chi connectivity index (χ3n) is 5.04. The molecule has 4 nitrogen and oxygen atoms in total. The van der Waals surface area contributed by atoms with E-state index >= 15 is 0 Å². The summed E-state index contributed by atoms with van der Waals surface area (Å²) in [4.78, 5) is 18.4. The van der Waals surface area contributed by atoms with E-state index in [-0.39, 0.29) is 11.5 Å². The van der Waals surface area contributed by atoms with Gasteiger partial charge in [-0.2, -0.15) is 0 Å². The van der Waals surface area contributed by atoms with Crippen LogP contribution in [0.4, 0.5) is 10.5 Å². The first-order valence-electron chi connectivity index (χ1n) is 8.48. The average Bonchev–Trinajstić information content (AvgIpc) is 2.94. The number of amides is 1. The number of aliphatic imine (C=N–C) groups is 1. The summed E-state index contributed by atoms with van der Waals surface area (Å²) in [6.45, 7) is 2.84. The monoisotopic (exact) mass is 346 g/mol. The first-order valence-corrected chi connectivity index (χ1v) is 8.92. The molecule has 1 fully saturated rings. The molecule has 1 aromatic carbocycles. The van der Waals surface area contributed by atoms with E-state index in [9.17, 15) is 4.79 Å². The Morgan fingerprint density at radius 1 is 1.46 bits per heavy atom. The fraction of sp³-hybridized carbons (Fsp3) is 0.474. The van der Waals surface area contributed by atoms with Crippen molar-refractivity contribution in [3.8, 4) is 0 Å². The van der Waals surface area contributed by atoms with Gasteiger partial charge in [-0.1, -0.05) is 29.8 Å². The van der Waals surface area contributed by atoms with Gasteiger partial charge in [-0.05, 0) is 49.8 Å². The van der Waals surface area contributed by atoms with Crippen LogP contribution in [0.3, 0.4) is 0 Å². The van der Waals surface area contributed by atoms with Crippen molar-refractivity contribution < 1.29 is 9.53 Å². The number of benzene rings is 1. The molecule has 1 aromatic rings. The minimum Gasteiger partial charge on any atom is -0.450 e. The van der Waals surface area contributed by atoms with Crippen molar-refractivity contribution >= 4 is 29.1 Å². The SMILES string of the molecule is CCOC(=O)N(C)CC[C@@]12CCC/C(=C\Cl)C1=Nc1ccccc12.